The summed E-state index contributed by atoms with van der Waals surface area (Å²) < 4.78 is 0. The zero-order valence-electron chi connectivity index (χ0n) is 47.7. The summed E-state index contributed by atoms with van der Waals surface area (Å²) in [7, 11) is 0. The van der Waals surface area contributed by atoms with Crippen LogP contribution in [0.2, 0.25) is 0 Å². The Kier molecular flexibility index (Phi) is 34.7. The first-order valence-corrected chi connectivity index (χ1v) is 26.8. The van der Waals surface area contributed by atoms with Gasteiger partial charge in [-0.3, -0.25) is 62.3 Å². The molecule has 32 heteroatoms. The molecule has 0 bridgehead atoms. The van der Waals surface area contributed by atoms with Crippen molar-refractivity contribution in [2.45, 2.75) is 180 Å². The van der Waals surface area contributed by atoms with Crippen molar-refractivity contribution in [1.82, 2.24) is 53.2 Å². The lowest BCUT2D eigenvalue weighted by atomic mass is 10.0. The molecule has 10 atom stereocenters. The van der Waals surface area contributed by atoms with E-state index in [0.29, 0.717) is 6.42 Å². The molecule has 0 aromatic rings. The second-order valence-corrected chi connectivity index (χ2v) is 21.2. The molecule has 11 amide bonds. The lowest BCUT2D eigenvalue weighted by molar-refractivity contribution is -0.143. The SMILES string of the molecule is CC(C)C[C@H](NC(=O)[C@@H](NC(=O)CNC(=O)[C@H](CO)NC(=O)[C@H](CC(=O)O)NC(=O)[C@H](CCCCN)NC(=O)[C@H](CC(C)C)NC(=O)[C@H](CO)NC(=O)[C@H](CC(N)=O)NC(=O)[C@H](CCC(=O)O)NC(=O)[C@@H](N)CC(C)C)C(C)C)C(=O)O. The Morgan fingerprint density at radius 1 is 0.427 bits per heavy atom. The minimum absolute atomic E-state index is 0.0450. The Morgan fingerprint density at radius 3 is 1.28 bits per heavy atom. The summed E-state index contributed by atoms with van der Waals surface area (Å²) in [5.74, 6) is -17.3. The first-order chi connectivity index (χ1) is 38.2. The number of carboxylic acid groups (broad SMARTS) is 3. The topological polar surface area (TPSA) is 538 Å². The lowest BCUT2D eigenvalue weighted by Gasteiger charge is -2.28. The van der Waals surface area contributed by atoms with Crippen LogP contribution in [0.25, 0.3) is 0 Å². The van der Waals surface area contributed by atoms with Gasteiger partial charge in [0.1, 0.15) is 54.4 Å². The summed E-state index contributed by atoms with van der Waals surface area (Å²) in [5, 5.41) is 71.5. The number of rotatable bonds is 41. The molecule has 0 aliphatic heterocycles. The Labute approximate surface area is 474 Å². The van der Waals surface area contributed by atoms with E-state index in [2.05, 4.69) is 53.2 Å². The van der Waals surface area contributed by atoms with Crippen LogP contribution in [-0.4, -0.2) is 195 Å². The number of primary amides is 1. The average Bonchev–Trinajstić information content (AvgIpc) is 3.37. The second-order valence-electron chi connectivity index (χ2n) is 21.2. The van der Waals surface area contributed by atoms with E-state index in [0.717, 1.165) is 0 Å². The molecular weight excluding hydrogens is 1090 g/mol. The number of nitrogens with two attached hydrogens (primary N) is 3. The maximum Gasteiger partial charge on any atom is 0.326 e. The van der Waals surface area contributed by atoms with Crippen molar-refractivity contribution < 1.29 is 92.7 Å². The van der Waals surface area contributed by atoms with Crippen molar-refractivity contribution in [3.63, 3.8) is 0 Å². The standard InChI is InChI=1S/C50H87N13O19/c1-23(2)15-27(52)41(72)55-29(12-13-38(68)69)44(75)58-31(18-36(53)66)46(77)62-35(22-65)48(79)57-30(16-24(3)4)45(76)56-28(11-9-10-14-51)43(74)59-32(19-39(70)71)47(78)61-34(21-64)42(73)54-20-37(67)63-40(26(7)8)49(80)60-33(50(81)82)17-25(5)6/h23-35,40,64-65H,9-22,51-52H2,1-8H3,(H2,53,66)(H,54,73)(H,55,72)(H,56,76)(H,57,79)(H,58,75)(H,59,74)(H,60,80)(H,61,78)(H,62,77)(H,63,67)(H,68,69)(H,70,71)(H,81,82)/t27-,28-,29-,30-,31-,32-,33-,34-,35-,40-/m0/s1. The molecule has 0 aliphatic rings. The van der Waals surface area contributed by atoms with Crippen LogP contribution in [0.1, 0.15) is 120 Å². The number of aliphatic hydroxyl groups excluding tert-OH is 2. The van der Waals surface area contributed by atoms with Crippen LogP contribution in [-0.2, 0) is 67.1 Å². The Bertz CT molecular complexity index is 2210. The first-order valence-electron chi connectivity index (χ1n) is 26.8. The highest BCUT2D eigenvalue weighted by molar-refractivity contribution is 6.00. The van der Waals surface area contributed by atoms with Crippen molar-refractivity contribution in [2.75, 3.05) is 26.3 Å². The molecule has 466 valence electrons. The highest BCUT2D eigenvalue weighted by Crippen LogP contribution is 2.12. The van der Waals surface area contributed by atoms with Gasteiger partial charge in [-0.1, -0.05) is 55.4 Å². The van der Waals surface area contributed by atoms with Crippen molar-refractivity contribution in [2.24, 2.45) is 40.9 Å². The van der Waals surface area contributed by atoms with Crippen LogP contribution in [0.3, 0.4) is 0 Å². The van der Waals surface area contributed by atoms with Crippen molar-refractivity contribution in [3.8, 4) is 0 Å². The number of amides is 11. The van der Waals surface area contributed by atoms with Crippen LogP contribution >= 0.6 is 0 Å². The number of carboxylic acids is 3. The highest BCUT2D eigenvalue weighted by atomic mass is 16.4. The maximum absolute atomic E-state index is 14.0. The second kappa shape index (κ2) is 38.2. The van der Waals surface area contributed by atoms with E-state index in [1.54, 1.807) is 55.4 Å². The lowest BCUT2D eigenvalue weighted by Crippen LogP contribution is -2.61. The molecule has 32 nitrogen and oxygen atoms in total. The zero-order chi connectivity index (χ0) is 63.1. The minimum Gasteiger partial charge on any atom is -0.481 e. The van der Waals surface area contributed by atoms with Gasteiger partial charge in [-0.05, 0) is 75.2 Å². The molecular formula is C50H87N13O19. The molecule has 0 aromatic carbocycles. The summed E-state index contributed by atoms with van der Waals surface area (Å²) in [6.45, 7) is 10.5. The fourth-order valence-corrected chi connectivity index (χ4v) is 7.72. The zero-order valence-corrected chi connectivity index (χ0v) is 47.7. The van der Waals surface area contributed by atoms with Crippen LogP contribution in [0.4, 0.5) is 0 Å². The van der Waals surface area contributed by atoms with Crippen LogP contribution in [0.5, 0.6) is 0 Å². The van der Waals surface area contributed by atoms with E-state index in [4.69, 9.17) is 17.2 Å². The van der Waals surface area contributed by atoms with E-state index in [1.165, 1.54) is 0 Å². The van der Waals surface area contributed by atoms with E-state index >= 15 is 0 Å². The third-order valence-corrected chi connectivity index (χ3v) is 12.0. The third kappa shape index (κ3) is 29.8. The molecule has 21 N–H and O–H groups in total. The summed E-state index contributed by atoms with van der Waals surface area (Å²) in [6, 6.07) is -15.9. The summed E-state index contributed by atoms with van der Waals surface area (Å²) in [6.07, 6.45) is -2.72. The molecule has 0 aromatic heterocycles. The molecule has 0 saturated heterocycles. The molecule has 0 aliphatic carbocycles. The number of aliphatic hydroxyl groups is 2. The van der Waals surface area contributed by atoms with Gasteiger partial charge in [-0.2, -0.15) is 0 Å². The Hall–Kier alpha value is -7.58. The third-order valence-electron chi connectivity index (χ3n) is 12.0. The van der Waals surface area contributed by atoms with Crippen LogP contribution < -0.4 is 70.4 Å². The number of hydrogen-bond donors (Lipinski definition) is 18. The number of carbonyl (C=O) groups is 14. The summed E-state index contributed by atoms with van der Waals surface area (Å²) >= 11 is 0. The Balaban J connectivity index is 6.42. The number of nitrogens with one attached hydrogen (secondary N) is 10. The first kappa shape index (κ1) is 74.4. The molecule has 0 fully saturated rings. The van der Waals surface area contributed by atoms with Gasteiger partial charge in [0.2, 0.25) is 65.0 Å². The van der Waals surface area contributed by atoms with Gasteiger partial charge in [0.15, 0.2) is 0 Å². The molecule has 82 heavy (non-hydrogen) atoms. The molecule has 0 rings (SSSR count). The highest BCUT2D eigenvalue weighted by Gasteiger charge is 2.36. The van der Waals surface area contributed by atoms with Crippen molar-refractivity contribution >= 4 is 82.9 Å². The summed E-state index contributed by atoms with van der Waals surface area (Å²) in [4.78, 5) is 181. The number of aliphatic carboxylic acids is 3. The van der Waals surface area contributed by atoms with E-state index in [9.17, 15) is 92.7 Å². The largest absolute Gasteiger partial charge is 0.481 e. The maximum atomic E-state index is 14.0. The Morgan fingerprint density at radius 2 is 0.829 bits per heavy atom. The number of unbranched alkanes of at least 4 members (excludes halogenated alkanes) is 1. The van der Waals surface area contributed by atoms with Gasteiger partial charge >= 0.3 is 17.9 Å². The van der Waals surface area contributed by atoms with Gasteiger partial charge in [0.25, 0.3) is 0 Å². The van der Waals surface area contributed by atoms with E-state index in [1.807, 2.05) is 0 Å². The summed E-state index contributed by atoms with van der Waals surface area (Å²) in [5.41, 5.74) is 16.9. The molecule has 0 saturated carbocycles. The smallest absolute Gasteiger partial charge is 0.326 e. The minimum atomic E-state index is -1.98. The quantitative estimate of drug-likeness (QED) is 0.0253. The number of hydrogen-bond acceptors (Lipinski definition) is 18. The normalized spacial score (nSPS) is 14.9. The van der Waals surface area contributed by atoms with E-state index < -0.39 is 195 Å². The molecule has 0 heterocycles. The van der Waals surface area contributed by atoms with Gasteiger partial charge < -0.3 is 95.9 Å². The van der Waals surface area contributed by atoms with Crippen LogP contribution in [0, 0.1) is 23.7 Å². The fourth-order valence-electron chi connectivity index (χ4n) is 7.72. The van der Waals surface area contributed by atoms with Gasteiger partial charge in [0, 0.05) is 6.42 Å². The predicted molar refractivity (Wildman–Crippen MR) is 289 cm³/mol. The van der Waals surface area contributed by atoms with Gasteiger partial charge in [-0.15, -0.1) is 0 Å². The van der Waals surface area contributed by atoms with Crippen molar-refractivity contribution in [3.05, 3.63) is 0 Å². The molecule has 0 unspecified atom stereocenters. The van der Waals surface area contributed by atoms with Gasteiger partial charge in [0.05, 0.1) is 38.6 Å². The monoisotopic (exact) mass is 1170 g/mol. The van der Waals surface area contributed by atoms with E-state index in [-0.39, 0.29) is 56.4 Å². The fraction of sp³-hybridized carbons (Fsp3) is 0.720. The molecule has 0 radical (unpaired) electrons. The average molecular weight is 1170 g/mol. The van der Waals surface area contributed by atoms with Gasteiger partial charge in [-0.25, -0.2) is 4.79 Å². The molecule has 0 spiro atoms. The number of carbonyl (C=O) groups excluding carboxylic acids is 11. The predicted octanol–water partition coefficient (Wildman–Crippen LogP) is -6.00. The van der Waals surface area contributed by atoms with Crippen molar-refractivity contribution in [1.29, 1.82) is 0 Å². The van der Waals surface area contributed by atoms with Crippen LogP contribution in [0.15, 0.2) is 0 Å².